The average molecular weight is 1020 g/mol. The third-order valence-electron chi connectivity index (χ3n) is 15.5. The number of fused-ring (bicyclic) bond motifs is 3. The van der Waals surface area contributed by atoms with Crippen LogP contribution in [0.1, 0.15) is 158 Å². The summed E-state index contributed by atoms with van der Waals surface area (Å²) in [6.45, 7) is 7.88. The smallest absolute Gasteiger partial charge is 0.412 e. The molecule has 1 saturated heterocycles. The molecule has 2 aliphatic carbocycles. The van der Waals surface area contributed by atoms with Gasteiger partial charge in [0.2, 0.25) is 24.8 Å². The number of aliphatic hydroxyl groups excluding tert-OH is 2. The highest BCUT2D eigenvalue weighted by molar-refractivity contribution is 6.03. The lowest BCUT2D eigenvalue weighted by molar-refractivity contribution is -0.258. The molecule has 74 heavy (non-hydrogen) atoms. The molecule has 1 saturated carbocycles. The van der Waals surface area contributed by atoms with Gasteiger partial charge in [-0.3, -0.25) is 4.79 Å². The zero-order valence-electron chi connectivity index (χ0n) is 43.7. The second kappa shape index (κ2) is 27.9. The lowest BCUT2D eigenvalue weighted by Gasteiger charge is -2.60. The van der Waals surface area contributed by atoms with Crippen molar-refractivity contribution in [3.8, 4) is 23.0 Å². The molecule has 3 aliphatic heterocycles. The van der Waals surface area contributed by atoms with Gasteiger partial charge in [0, 0.05) is 57.0 Å². The third kappa shape index (κ3) is 13.9. The minimum atomic E-state index is -1.47. The Morgan fingerprint density at radius 2 is 1.61 bits per heavy atom. The van der Waals surface area contributed by atoms with Gasteiger partial charge in [0.15, 0.2) is 11.5 Å². The van der Waals surface area contributed by atoms with Crippen LogP contribution in [-0.4, -0.2) is 84.2 Å². The van der Waals surface area contributed by atoms with Crippen molar-refractivity contribution in [1.82, 2.24) is 10.2 Å². The van der Waals surface area contributed by atoms with E-state index in [0.29, 0.717) is 67.5 Å². The van der Waals surface area contributed by atoms with E-state index in [0.717, 1.165) is 86.5 Å². The van der Waals surface area contributed by atoms with Crippen LogP contribution < -0.4 is 24.3 Å². The Morgan fingerprint density at radius 1 is 0.851 bits per heavy atom. The number of amides is 2. The average Bonchev–Trinajstić information content (AvgIpc) is 3.90. The van der Waals surface area contributed by atoms with Gasteiger partial charge in [0.25, 0.3) is 0 Å². The van der Waals surface area contributed by atoms with Crippen molar-refractivity contribution in [2.24, 2.45) is 22.9 Å². The molecule has 3 heterocycles. The zero-order chi connectivity index (χ0) is 51.5. The fourth-order valence-corrected chi connectivity index (χ4v) is 11.9. The maximum Gasteiger partial charge on any atom is 0.412 e. The minimum Gasteiger partial charge on any atom is -0.459 e. The summed E-state index contributed by atoms with van der Waals surface area (Å²) in [5.41, 5.74) is 4.29. The molecule has 14 nitrogen and oxygen atoms in total. The van der Waals surface area contributed by atoms with Crippen LogP contribution in [0.5, 0.6) is 23.0 Å². The lowest BCUT2D eigenvalue weighted by atomic mass is 9.55. The molecule has 2 amide bonds. The van der Waals surface area contributed by atoms with Crippen LogP contribution >= 0.6 is 0 Å². The fraction of sp³-hybridized carbons (Fsp3) is 0.583. The number of ether oxygens (including phenoxy) is 6. The Hall–Kier alpha value is -5.41. The molecule has 402 valence electrons. The number of carbonyl (C=O) groups is 2. The van der Waals surface area contributed by atoms with E-state index in [1.165, 1.54) is 32.1 Å². The molecule has 7 atom stereocenters. The monoisotopic (exact) mass is 1020 g/mol. The summed E-state index contributed by atoms with van der Waals surface area (Å²) in [5, 5.41) is 28.2. The first kappa shape index (κ1) is 54.8. The quantitative estimate of drug-likeness (QED) is 0.0344. The second-order valence-corrected chi connectivity index (χ2v) is 20.7. The van der Waals surface area contributed by atoms with Crippen molar-refractivity contribution in [1.29, 1.82) is 0 Å². The number of allylic oxidation sites excluding steroid dienone is 1. The molecule has 0 bridgehead atoms. The van der Waals surface area contributed by atoms with Gasteiger partial charge in [-0.25, -0.2) is 4.79 Å². The van der Waals surface area contributed by atoms with Crippen LogP contribution in [0.25, 0.3) is 0 Å². The topological polar surface area (TPSA) is 167 Å². The molecule has 8 rings (SSSR count). The SMILES string of the molecule is C=CCOC12Oc3ccc(OC(=O)NCc4ccccc4)cc3C3C(CCCCO)C(CCCCO)C=C(C(=NOC4CCCCO4)CC1N(Cc1ccc4c(c1)OCO4)C(=O)CCCCCCCCCCC)C32. The van der Waals surface area contributed by atoms with E-state index in [2.05, 4.69) is 24.9 Å². The predicted octanol–water partition coefficient (Wildman–Crippen LogP) is 11.8. The molecular formula is C60H81N3O11. The van der Waals surface area contributed by atoms with E-state index < -0.39 is 30.1 Å². The lowest BCUT2D eigenvalue weighted by Crippen LogP contribution is -2.70. The van der Waals surface area contributed by atoms with E-state index in [1.54, 1.807) is 12.1 Å². The maximum absolute atomic E-state index is 15.4. The van der Waals surface area contributed by atoms with E-state index >= 15 is 4.79 Å². The van der Waals surface area contributed by atoms with Crippen molar-refractivity contribution in [2.45, 2.75) is 172 Å². The van der Waals surface area contributed by atoms with Crippen LogP contribution in [-0.2, 0) is 32.2 Å². The molecule has 2 fully saturated rings. The van der Waals surface area contributed by atoms with Crippen molar-refractivity contribution >= 4 is 17.7 Å². The first-order valence-corrected chi connectivity index (χ1v) is 27.9. The van der Waals surface area contributed by atoms with Gasteiger partial charge in [-0.1, -0.05) is 125 Å². The predicted molar refractivity (Wildman–Crippen MR) is 284 cm³/mol. The maximum atomic E-state index is 15.4. The largest absolute Gasteiger partial charge is 0.459 e. The van der Waals surface area contributed by atoms with Crippen molar-refractivity contribution in [2.75, 3.05) is 33.2 Å². The molecule has 0 aromatic heterocycles. The van der Waals surface area contributed by atoms with Crippen LogP contribution in [0, 0.1) is 17.8 Å². The van der Waals surface area contributed by atoms with Crippen LogP contribution in [0.4, 0.5) is 4.79 Å². The first-order chi connectivity index (χ1) is 36.3. The minimum absolute atomic E-state index is 0.0176. The molecule has 14 heteroatoms. The van der Waals surface area contributed by atoms with Gasteiger partial charge < -0.3 is 53.7 Å². The summed E-state index contributed by atoms with van der Waals surface area (Å²) in [6.07, 6.45) is 20.7. The number of unbranched alkanes of at least 4 members (excludes halogenated alkanes) is 10. The van der Waals surface area contributed by atoms with E-state index in [9.17, 15) is 15.0 Å². The number of aliphatic hydroxyl groups is 2. The Balaban J connectivity index is 1.24. The fourth-order valence-electron chi connectivity index (χ4n) is 11.9. The van der Waals surface area contributed by atoms with E-state index in [4.69, 9.17) is 38.4 Å². The zero-order valence-corrected chi connectivity index (χ0v) is 43.7. The summed E-state index contributed by atoms with van der Waals surface area (Å²) in [5.74, 6) is -0.126. The molecule has 0 spiro atoms. The highest BCUT2D eigenvalue weighted by Gasteiger charge is 2.65. The second-order valence-electron chi connectivity index (χ2n) is 20.7. The van der Waals surface area contributed by atoms with Crippen LogP contribution in [0.3, 0.4) is 0 Å². The number of carbonyl (C=O) groups excluding carboxylic acids is 2. The number of oxime groups is 1. The third-order valence-corrected chi connectivity index (χ3v) is 15.5. The Kier molecular flexibility index (Phi) is 20.7. The van der Waals surface area contributed by atoms with Crippen molar-refractivity contribution in [3.63, 3.8) is 0 Å². The molecule has 3 aromatic carbocycles. The van der Waals surface area contributed by atoms with Crippen molar-refractivity contribution in [3.05, 3.63) is 108 Å². The Labute approximate surface area is 438 Å². The normalized spacial score (nSPS) is 24.0. The summed E-state index contributed by atoms with van der Waals surface area (Å²) < 4.78 is 38.5. The number of nitrogens with zero attached hydrogens (tertiary/aromatic N) is 2. The molecule has 3 N–H and O–H groups in total. The van der Waals surface area contributed by atoms with Crippen LogP contribution in [0.2, 0.25) is 0 Å². The molecule has 7 unspecified atom stereocenters. The Bertz CT molecular complexity index is 2330. The van der Waals surface area contributed by atoms with Crippen molar-refractivity contribution < 1.29 is 53.1 Å². The van der Waals surface area contributed by atoms with E-state index in [1.807, 2.05) is 65.6 Å². The highest BCUT2D eigenvalue weighted by Crippen LogP contribution is 2.62. The molecule has 5 aliphatic rings. The van der Waals surface area contributed by atoms with Gasteiger partial charge >= 0.3 is 6.09 Å². The van der Waals surface area contributed by atoms with Gasteiger partial charge in [-0.2, -0.15) is 0 Å². The number of benzene rings is 3. The Morgan fingerprint density at radius 3 is 2.36 bits per heavy atom. The number of hydrogen-bond donors (Lipinski definition) is 3. The summed E-state index contributed by atoms with van der Waals surface area (Å²) in [4.78, 5) is 37.3. The standard InChI is InChI=1S/C60H81N3O11/c1-3-5-6-7-8-9-10-11-15-26-55(66)63(41-44-28-30-52-53(36-44)70-42-69-52)54-39-50(62-74-56-27-18-21-35-68-56)48-37-45(24-16-19-32-64)47(25-17-20-33-65)57-49-38-46(72-59(67)61-40-43-22-13-12-14-23-43)29-31-51(49)73-60(54,58(48)57)71-34-4-2/h4,12-14,22-23,28-31,36-38,45,47,54,56-58,64-65H,2-3,5-11,15-21,24-27,32-35,39-42H2,1H3,(H,61,67). The number of rotatable bonds is 29. The summed E-state index contributed by atoms with van der Waals surface area (Å²) in [6, 6.07) is 20.4. The number of nitrogens with one attached hydrogen (secondary N) is 1. The van der Waals surface area contributed by atoms with E-state index in [-0.39, 0.29) is 63.2 Å². The molecular weight excluding hydrogens is 939 g/mol. The van der Waals surface area contributed by atoms with Crippen LogP contribution in [0.15, 0.2) is 96.2 Å². The molecule has 0 radical (unpaired) electrons. The van der Waals surface area contributed by atoms with Gasteiger partial charge in [0.05, 0.1) is 24.8 Å². The highest BCUT2D eigenvalue weighted by atomic mass is 16.8. The number of hydrogen-bond acceptors (Lipinski definition) is 12. The summed E-state index contributed by atoms with van der Waals surface area (Å²) >= 11 is 0. The first-order valence-electron chi connectivity index (χ1n) is 27.9. The van der Waals surface area contributed by atoms with Gasteiger partial charge in [0.1, 0.15) is 17.5 Å². The van der Waals surface area contributed by atoms with Gasteiger partial charge in [-0.15, -0.1) is 6.58 Å². The molecule has 3 aromatic rings. The summed E-state index contributed by atoms with van der Waals surface area (Å²) in [7, 11) is 0. The van der Waals surface area contributed by atoms with Gasteiger partial charge in [-0.05, 0) is 104 Å².